The summed E-state index contributed by atoms with van der Waals surface area (Å²) in [6.45, 7) is 17.5. The molecule has 1 N–H and O–H groups in total. The summed E-state index contributed by atoms with van der Waals surface area (Å²) in [6, 6.07) is 0.832. The van der Waals surface area contributed by atoms with Crippen molar-refractivity contribution in [1.29, 1.82) is 0 Å². The zero-order chi connectivity index (χ0) is 19.5. The molecule has 2 aliphatic rings. The van der Waals surface area contributed by atoms with Crippen LogP contribution in [0.1, 0.15) is 54.4 Å². The molecule has 150 valence electrons. The van der Waals surface area contributed by atoms with Gasteiger partial charge in [0.15, 0.2) is 5.96 Å². The molecule has 0 saturated carbocycles. The number of rotatable bonds is 4. The molecule has 6 nitrogen and oxygen atoms in total. The SMILES string of the molecule is CN=C(NCC1CCCN(C(C)C)C1)N1CC(=O)N(C(C)C)C(C)(C)C1. The highest BCUT2D eigenvalue weighted by Crippen LogP contribution is 2.24. The third-order valence-corrected chi connectivity index (χ3v) is 5.68. The summed E-state index contributed by atoms with van der Waals surface area (Å²) >= 11 is 0. The predicted molar refractivity (Wildman–Crippen MR) is 108 cm³/mol. The summed E-state index contributed by atoms with van der Waals surface area (Å²) in [5.41, 5.74) is -0.194. The van der Waals surface area contributed by atoms with Gasteiger partial charge in [0.1, 0.15) is 0 Å². The van der Waals surface area contributed by atoms with Gasteiger partial charge in [-0.25, -0.2) is 0 Å². The lowest BCUT2D eigenvalue weighted by Gasteiger charge is -2.49. The van der Waals surface area contributed by atoms with Crippen molar-refractivity contribution in [2.75, 3.05) is 39.8 Å². The fraction of sp³-hybridized carbons (Fsp3) is 0.900. The van der Waals surface area contributed by atoms with Crippen molar-refractivity contribution in [3.63, 3.8) is 0 Å². The predicted octanol–water partition coefficient (Wildman–Crippen LogP) is 2.01. The largest absolute Gasteiger partial charge is 0.356 e. The van der Waals surface area contributed by atoms with Crippen LogP contribution in [0.15, 0.2) is 4.99 Å². The fourth-order valence-corrected chi connectivity index (χ4v) is 4.61. The Bertz CT molecular complexity index is 514. The van der Waals surface area contributed by atoms with E-state index in [0.29, 0.717) is 18.5 Å². The number of nitrogens with one attached hydrogen (secondary N) is 1. The van der Waals surface area contributed by atoms with E-state index in [2.05, 4.69) is 61.7 Å². The smallest absolute Gasteiger partial charge is 0.242 e. The Labute approximate surface area is 160 Å². The Morgan fingerprint density at radius 3 is 2.50 bits per heavy atom. The van der Waals surface area contributed by atoms with Crippen LogP contribution in [0.5, 0.6) is 0 Å². The first kappa shape index (κ1) is 21.0. The molecule has 0 aromatic carbocycles. The van der Waals surface area contributed by atoms with Gasteiger partial charge in [0.25, 0.3) is 0 Å². The number of nitrogens with zero attached hydrogens (tertiary/aromatic N) is 4. The molecule has 1 atom stereocenters. The molecule has 1 amide bonds. The van der Waals surface area contributed by atoms with Crippen LogP contribution < -0.4 is 5.32 Å². The molecule has 0 bridgehead atoms. The lowest BCUT2D eigenvalue weighted by molar-refractivity contribution is -0.145. The van der Waals surface area contributed by atoms with Crippen molar-refractivity contribution in [2.24, 2.45) is 10.9 Å². The molecule has 0 aliphatic carbocycles. The van der Waals surface area contributed by atoms with E-state index >= 15 is 0 Å². The van der Waals surface area contributed by atoms with Crippen molar-refractivity contribution in [3.05, 3.63) is 0 Å². The fourth-order valence-electron chi connectivity index (χ4n) is 4.61. The van der Waals surface area contributed by atoms with Gasteiger partial charge in [0, 0.05) is 38.8 Å². The standard InChI is InChI=1S/C20H39N5O/c1-15(2)23-10-8-9-17(12-23)11-22-19(21-7)24-13-18(26)25(16(3)4)20(5,6)14-24/h15-17H,8-14H2,1-7H3,(H,21,22). The Morgan fingerprint density at radius 2 is 1.96 bits per heavy atom. The number of carbonyl (C=O) groups is 1. The third-order valence-electron chi connectivity index (χ3n) is 5.68. The number of piperazine rings is 1. The number of hydrogen-bond donors (Lipinski definition) is 1. The maximum Gasteiger partial charge on any atom is 0.242 e. The van der Waals surface area contributed by atoms with E-state index in [1.54, 1.807) is 0 Å². The van der Waals surface area contributed by atoms with Gasteiger partial charge in [-0.15, -0.1) is 0 Å². The molecule has 0 radical (unpaired) electrons. The number of guanidine groups is 1. The number of carbonyl (C=O) groups excluding carboxylic acids is 1. The van der Waals surface area contributed by atoms with Crippen LogP contribution in [0.3, 0.4) is 0 Å². The summed E-state index contributed by atoms with van der Waals surface area (Å²) in [7, 11) is 1.82. The maximum atomic E-state index is 12.7. The van der Waals surface area contributed by atoms with Gasteiger partial charge in [-0.1, -0.05) is 0 Å². The second-order valence-corrected chi connectivity index (χ2v) is 9.05. The van der Waals surface area contributed by atoms with Crippen LogP contribution in [-0.4, -0.2) is 84.0 Å². The lowest BCUT2D eigenvalue weighted by Crippen LogP contribution is -2.66. The minimum atomic E-state index is -0.194. The number of hydrogen-bond acceptors (Lipinski definition) is 3. The minimum absolute atomic E-state index is 0.183. The summed E-state index contributed by atoms with van der Waals surface area (Å²) in [4.78, 5) is 23.9. The van der Waals surface area contributed by atoms with E-state index in [1.165, 1.54) is 19.4 Å². The number of amides is 1. The Kier molecular flexibility index (Phi) is 6.94. The van der Waals surface area contributed by atoms with Crippen LogP contribution in [0.4, 0.5) is 0 Å². The van der Waals surface area contributed by atoms with E-state index in [9.17, 15) is 4.79 Å². The van der Waals surface area contributed by atoms with Gasteiger partial charge in [-0.3, -0.25) is 9.79 Å². The number of likely N-dealkylation sites (tertiary alicyclic amines) is 1. The van der Waals surface area contributed by atoms with Crippen LogP contribution in [0.2, 0.25) is 0 Å². The van der Waals surface area contributed by atoms with Crippen molar-refractivity contribution in [1.82, 2.24) is 20.0 Å². The first-order valence-electron chi connectivity index (χ1n) is 10.2. The second kappa shape index (κ2) is 8.59. The number of aliphatic imine (C=N–C) groups is 1. The first-order valence-corrected chi connectivity index (χ1v) is 10.2. The number of piperidine rings is 1. The molecule has 2 aliphatic heterocycles. The summed E-state index contributed by atoms with van der Waals surface area (Å²) < 4.78 is 0. The van der Waals surface area contributed by atoms with Gasteiger partial charge in [-0.2, -0.15) is 0 Å². The third kappa shape index (κ3) is 4.90. The Balaban J connectivity index is 1.96. The van der Waals surface area contributed by atoms with Gasteiger partial charge >= 0.3 is 0 Å². The van der Waals surface area contributed by atoms with Crippen molar-refractivity contribution in [2.45, 2.75) is 72.0 Å². The molecule has 26 heavy (non-hydrogen) atoms. The highest BCUT2D eigenvalue weighted by atomic mass is 16.2. The molecule has 0 spiro atoms. The van der Waals surface area contributed by atoms with Crippen molar-refractivity contribution >= 4 is 11.9 Å². The molecular formula is C20H39N5O. The quantitative estimate of drug-likeness (QED) is 0.612. The van der Waals surface area contributed by atoms with E-state index in [1.807, 2.05) is 11.9 Å². The minimum Gasteiger partial charge on any atom is -0.356 e. The summed E-state index contributed by atoms with van der Waals surface area (Å²) in [6.07, 6.45) is 2.53. The van der Waals surface area contributed by atoms with Crippen LogP contribution in [-0.2, 0) is 4.79 Å². The average molecular weight is 366 g/mol. The molecule has 1 unspecified atom stereocenters. The summed E-state index contributed by atoms with van der Waals surface area (Å²) in [5.74, 6) is 1.68. The summed E-state index contributed by atoms with van der Waals surface area (Å²) in [5, 5.41) is 3.55. The molecule has 2 saturated heterocycles. The molecule has 0 aromatic heterocycles. The van der Waals surface area contributed by atoms with Crippen LogP contribution >= 0.6 is 0 Å². The van der Waals surface area contributed by atoms with Gasteiger partial charge in [0.2, 0.25) is 5.91 Å². The first-order chi connectivity index (χ1) is 12.2. The normalized spacial score (nSPS) is 25.3. The zero-order valence-corrected chi connectivity index (χ0v) is 17.9. The molecule has 2 rings (SSSR count). The second-order valence-electron chi connectivity index (χ2n) is 9.05. The molecule has 0 aromatic rings. The molecule has 2 fully saturated rings. The highest BCUT2D eigenvalue weighted by Gasteiger charge is 2.40. The van der Waals surface area contributed by atoms with E-state index < -0.39 is 0 Å². The monoisotopic (exact) mass is 365 g/mol. The van der Waals surface area contributed by atoms with Crippen LogP contribution in [0.25, 0.3) is 0 Å². The topological polar surface area (TPSA) is 51.2 Å². The lowest BCUT2D eigenvalue weighted by atomic mass is 9.96. The van der Waals surface area contributed by atoms with Gasteiger partial charge < -0.3 is 20.0 Å². The van der Waals surface area contributed by atoms with Crippen molar-refractivity contribution < 1.29 is 4.79 Å². The highest BCUT2D eigenvalue weighted by molar-refractivity contribution is 5.88. The Hall–Kier alpha value is -1.30. The average Bonchev–Trinajstić information content (AvgIpc) is 2.53. The van der Waals surface area contributed by atoms with Crippen molar-refractivity contribution in [3.8, 4) is 0 Å². The van der Waals surface area contributed by atoms with Gasteiger partial charge in [0.05, 0.1) is 12.1 Å². The van der Waals surface area contributed by atoms with E-state index in [0.717, 1.165) is 25.6 Å². The molecule has 6 heteroatoms. The molecular weight excluding hydrogens is 326 g/mol. The maximum absolute atomic E-state index is 12.7. The Morgan fingerprint density at radius 1 is 1.27 bits per heavy atom. The van der Waals surface area contributed by atoms with Gasteiger partial charge in [-0.05, 0) is 66.8 Å². The molecule has 2 heterocycles. The van der Waals surface area contributed by atoms with Crippen LogP contribution in [0, 0.1) is 5.92 Å². The zero-order valence-electron chi connectivity index (χ0n) is 17.9. The van der Waals surface area contributed by atoms with E-state index in [-0.39, 0.29) is 17.5 Å². The van der Waals surface area contributed by atoms with E-state index in [4.69, 9.17) is 0 Å².